The smallest absolute Gasteiger partial charge is 0.317 e. The van der Waals surface area contributed by atoms with Gasteiger partial charge >= 0.3 is 12.0 Å². The SMILES string of the molecule is CCCCCCNC(=O)N(CC)C(C)CC(=O)O. The number of nitrogens with one attached hydrogen (secondary N) is 1. The highest BCUT2D eigenvalue weighted by molar-refractivity contribution is 5.75. The highest BCUT2D eigenvalue weighted by Gasteiger charge is 2.19. The van der Waals surface area contributed by atoms with Crippen LogP contribution in [0, 0.1) is 0 Å². The van der Waals surface area contributed by atoms with E-state index >= 15 is 0 Å². The molecule has 5 nitrogen and oxygen atoms in total. The van der Waals surface area contributed by atoms with Crippen LogP contribution in [0.3, 0.4) is 0 Å². The summed E-state index contributed by atoms with van der Waals surface area (Å²) in [4.78, 5) is 24.0. The van der Waals surface area contributed by atoms with Crippen LogP contribution in [-0.4, -0.2) is 41.1 Å². The van der Waals surface area contributed by atoms with Crippen LogP contribution < -0.4 is 5.32 Å². The minimum atomic E-state index is -0.878. The Morgan fingerprint density at radius 3 is 2.39 bits per heavy atom. The normalized spacial score (nSPS) is 11.9. The Morgan fingerprint density at radius 1 is 1.22 bits per heavy atom. The molecule has 0 saturated carbocycles. The van der Waals surface area contributed by atoms with E-state index in [2.05, 4.69) is 12.2 Å². The number of amides is 2. The van der Waals surface area contributed by atoms with Crippen molar-refractivity contribution in [3.8, 4) is 0 Å². The lowest BCUT2D eigenvalue weighted by Crippen LogP contribution is -2.45. The lowest BCUT2D eigenvalue weighted by Gasteiger charge is -2.27. The first-order valence-electron chi connectivity index (χ1n) is 6.79. The van der Waals surface area contributed by atoms with Crippen molar-refractivity contribution in [1.82, 2.24) is 10.2 Å². The standard InChI is InChI=1S/C13H26N2O3/c1-4-6-7-8-9-14-13(18)15(5-2)11(3)10-12(16)17/h11H,4-10H2,1-3H3,(H,14,18)(H,16,17). The molecule has 0 aliphatic heterocycles. The molecule has 106 valence electrons. The maximum atomic E-state index is 11.9. The van der Waals surface area contributed by atoms with Crippen LogP contribution in [0.1, 0.15) is 52.9 Å². The van der Waals surface area contributed by atoms with E-state index < -0.39 is 5.97 Å². The average molecular weight is 258 g/mol. The van der Waals surface area contributed by atoms with Crippen LogP contribution in [0.25, 0.3) is 0 Å². The van der Waals surface area contributed by atoms with Gasteiger partial charge in [-0.1, -0.05) is 26.2 Å². The van der Waals surface area contributed by atoms with Crippen LogP contribution in [0.4, 0.5) is 4.79 Å². The van der Waals surface area contributed by atoms with E-state index in [1.54, 1.807) is 11.8 Å². The van der Waals surface area contributed by atoms with Crippen molar-refractivity contribution in [2.45, 2.75) is 58.9 Å². The molecule has 1 unspecified atom stereocenters. The van der Waals surface area contributed by atoms with Gasteiger partial charge < -0.3 is 15.3 Å². The number of rotatable bonds is 9. The van der Waals surface area contributed by atoms with Gasteiger partial charge in [0.15, 0.2) is 0 Å². The molecular formula is C13H26N2O3. The Bertz CT molecular complexity index is 257. The molecule has 0 aromatic carbocycles. The minimum absolute atomic E-state index is 0.0168. The van der Waals surface area contributed by atoms with Gasteiger partial charge in [0.25, 0.3) is 0 Å². The van der Waals surface area contributed by atoms with Gasteiger partial charge in [-0.3, -0.25) is 4.79 Å². The van der Waals surface area contributed by atoms with E-state index in [9.17, 15) is 9.59 Å². The first-order valence-corrected chi connectivity index (χ1v) is 6.79. The van der Waals surface area contributed by atoms with E-state index in [4.69, 9.17) is 5.11 Å². The molecule has 5 heteroatoms. The summed E-state index contributed by atoms with van der Waals surface area (Å²) in [7, 11) is 0. The monoisotopic (exact) mass is 258 g/mol. The van der Waals surface area contributed by atoms with E-state index in [0.717, 1.165) is 12.8 Å². The van der Waals surface area contributed by atoms with Gasteiger partial charge in [0.05, 0.1) is 6.42 Å². The molecule has 0 aromatic heterocycles. The fourth-order valence-corrected chi connectivity index (χ4v) is 1.87. The number of aliphatic carboxylic acids is 1. The van der Waals surface area contributed by atoms with Crippen LogP contribution in [-0.2, 0) is 4.79 Å². The van der Waals surface area contributed by atoms with E-state index in [1.165, 1.54) is 12.8 Å². The highest BCUT2D eigenvalue weighted by atomic mass is 16.4. The number of hydrogen-bond acceptors (Lipinski definition) is 2. The predicted molar refractivity (Wildman–Crippen MR) is 71.6 cm³/mol. The molecule has 0 aliphatic rings. The molecule has 2 amide bonds. The average Bonchev–Trinajstić information content (AvgIpc) is 2.28. The van der Waals surface area contributed by atoms with Crippen molar-refractivity contribution >= 4 is 12.0 Å². The van der Waals surface area contributed by atoms with Crippen LogP contribution in [0.15, 0.2) is 0 Å². The number of carbonyl (C=O) groups excluding carboxylic acids is 1. The molecule has 0 aliphatic carbocycles. The Labute approximate surface area is 110 Å². The number of unbranched alkanes of at least 4 members (excludes halogenated alkanes) is 3. The van der Waals surface area contributed by atoms with Crippen molar-refractivity contribution < 1.29 is 14.7 Å². The molecule has 1 atom stereocenters. The zero-order chi connectivity index (χ0) is 14.0. The van der Waals surface area contributed by atoms with Gasteiger partial charge in [0.2, 0.25) is 0 Å². The summed E-state index contributed by atoms with van der Waals surface area (Å²) in [6.45, 7) is 6.94. The lowest BCUT2D eigenvalue weighted by atomic mass is 10.2. The lowest BCUT2D eigenvalue weighted by molar-refractivity contribution is -0.138. The summed E-state index contributed by atoms with van der Waals surface area (Å²) in [6.07, 6.45) is 4.43. The first-order chi connectivity index (χ1) is 8.52. The largest absolute Gasteiger partial charge is 0.481 e. The third kappa shape index (κ3) is 7.14. The van der Waals surface area contributed by atoms with Crippen molar-refractivity contribution in [2.24, 2.45) is 0 Å². The molecular weight excluding hydrogens is 232 g/mol. The zero-order valence-electron chi connectivity index (χ0n) is 11.7. The second kappa shape index (κ2) is 9.74. The Morgan fingerprint density at radius 2 is 1.89 bits per heavy atom. The Hall–Kier alpha value is -1.26. The third-order valence-electron chi connectivity index (χ3n) is 2.91. The van der Waals surface area contributed by atoms with E-state index in [1.807, 2.05) is 6.92 Å². The molecule has 0 aromatic rings. The fraction of sp³-hybridized carbons (Fsp3) is 0.846. The van der Waals surface area contributed by atoms with Gasteiger partial charge in [0.1, 0.15) is 0 Å². The number of nitrogens with zero attached hydrogens (tertiary/aromatic N) is 1. The van der Waals surface area contributed by atoms with Crippen molar-refractivity contribution in [3.05, 3.63) is 0 Å². The van der Waals surface area contributed by atoms with Crippen LogP contribution in [0.5, 0.6) is 0 Å². The summed E-state index contributed by atoms with van der Waals surface area (Å²) >= 11 is 0. The van der Waals surface area contributed by atoms with Gasteiger partial charge in [-0.2, -0.15) is 0 Å². The molecule has 0 rings (SSSR count). The number of hydrogen-bond donors (Lipinski definition) is 2. The maximum Gasteiger partial charge on any atom is 0.317 e. The molecule has 0 saturated heterocycles. The summed E-state index contributed by atoms with van der Waals surface area (Å²) < 4.78 is 0. The van der Waals surface area contributed by atoms with Crippen molar-refractivity contribution in [1.29, 1.82) is 0 Å². The summed E-state index contributed by atoms with van der Waals surface area (Å²) in [5.41, 5.74) is 0. The molecule has 0 radical (unpaired) electrons. The molecule has 0 heterocycles. The molecule has 0 bridgehead atoms. The number of carbonyl (C=O) groups is 2. The van der Waals surface area contributed by atoms with Gasteiger partial charge in [-0.25, -0.2) is 4.79 Å². The van der Waals surface area contributed by atoms with Gasteiger partial charge in [-0.05, 0) is 20.3 Å². The topological polar surface area (TPSA) is 69.6 Å². The highest BCUT2D eigenvalue weighted by Crippen LogP contribution is 2.04. The predicted octanol–water partition coefficient (Wildman–Crippen LogP) is 2.46. The van der Waals surface area contributed by atoms with Crippen LogP contribution >= 0.6 is 0 Å². The second-order valence-electron chi connectivity index (χ2n) is 4.53. The summed E-state index contributed by atoms with van der Waals surface area (Å²) in [5, 5.41) is 11.6. The van der Waals surface area contributed by atoms with Crippen molar-refractivity contribution in [3.63, 3.8) is 0 Å². The Balaban J connectivity index is 3.98. The molecule has 0 spiro atoms. The molecule has 18 heavy (non-hydrogen) atoms. The van der Waals surface area contributed by atoms with E-state index in [0.29, 0.717) is 13.1 Å². The number of urea groups is 1. The van der Waals surface area contributed by atoms with Gasteiger partial charge in [0, 0.05) is 19.1 Å². The quantitative estimate of drug-likeness (QED) is 0.624. The number of carboxylic acid groups (broad SMARTS) is 1. The van der Waals surface area contributed by atoms with Crippen molar-refractivity contribution in [2.75, 3.05) is 13.1 Å². The fourth-order valence-electron chi connectivity index (χ4n) is 1.87. The molecule has 0 fully saturated rings. The summed E-state index contributed by atoms with van der Waals surface area (Å²) in [5.74, 6) is -0.878. The first kappa shape index (κ1) is 16.7. The van der Waals surface area contributed by atoms with Gasteiger partial charge in [-0.15, -0.1) is 0 Å². The minimum Gasteiger partial charge on any atom is -0.481 e. The third-order valence-corrected chi connectivity index (χ3v) is 2.91. The van der Waals surface area contributed by atoms with E-state index in [-0.39, 0.29) is 18.5 Å². The number of carboxylic acids is 1. The second-order valence-corrected chi connectivity index (χ2v) is 4.53. The zero-order valence-corrected chi connectivity index (χ0v) is 11.7. The Kier molecular flexibility index (Phi) is 9.06. The maximum absolute atomic E-state index is 11.9. The summed E-state index contributed by atoms with van der Waals surface area (Å²) in [6, 6.07) is -0.439. The van der Waals surface area contributed by atoms with Crippen LogP contribution in [0.2, 0.25) is 0 Å². The molecule has 2 N–H and O–H groups in total.